The van der Waals surface area contributed by atoms with Gasteiger partial charge in [0.05, 0.1) is 17.9 Å². The highest BCUT2D eigenvalue weighted by Gasteiger charge is 2.10. The van der Waals surface area contributed by atoms with Crippen LogP contribution in [0, 0.1) is 20.8 Å². The highest BCUT2D eigenvalue weighted by molar-refractivity contribution is 7.98. The van der Waals surface area contributed by atoms with Crippen LogP contribution >= 0.6 is 11.8 Å². The maximum Gasteiger partial charge on any atom is 0.191 e. The summed E-state index contributed by atoms with van der Waals surface area (Å²) in [5.74, 6) is 1.79. The zero-order chi connectivity index (χ0) is 19.5. The molecule has 0 amide bonds. The normalized spacial score (nSPS) is 11.1. The zero-order valence-electron chi connectivity index (χ0n) is 16.3. The summed E-state index contributed by atoms with van der Waals surface area (Å²) in [6, 6.07) is 21.1. The first-order chi connectivity index (χ1) is 13.6. The second-order valence-corrected chi connectivity index (χ2v) is 7.84. The van der Waals surface area contributed by atoms with E-state index in [-0.39, 0.29) is 0 Å². The average molecular weight is 390 g/mol. The Hall–Kier alpha value is -2.86. The topological polar surface area (TPSA) is 48.5 Å². The maximum absolute atomic E-state index is 4.55. The SMILES string of the molecule is Cc1cc(C)n(-c2ccc(CSc3nnc(C)n3Cc3ccccc3)cc2)n1. The Balaban J connectivity index is 1.46. The van der Waals surface area contributed by atoms with Crippen LogP contribution in [0.25, 0.3) is 5.69 Å². The molecule has 5 nitrogen and oxygen atoms in total. The maximum atomic E-state index is 4.55. The minimum Gasteiger partial charge on any atom is -0.302 e. The van der Waals surface area contributed by atoms with Crippen molar-refractivity contribution >= 4 is 11.8 Å². The lowest BCUT2D eigenvalue weighted by molar-refractivity contribution is 0.688. The molecule has 2 heterocycles. The number of nitrogens with zero attached hydrogens (tertiary/aromatic N) is 5. The summed E-state index contributed by atoms with van der Waals surface area (Å²) in [5, 5.41) is 14.1. The first-order valence-corrected chi connectivity index (χ1v) is 10.3. The lowest BCUT2D eigenvalue weighted by Crippen LogP contribution is -2.04. The summed E-state index contributed by atoms with van der Waals surface area (Å²) < 4.78 is 4.15. The van der Waals surface area contributed by atoms with E-state index >= 15 is 0 Å². The van der Waals surface area contributed by atoms with E-state index in [1.165, 1.54) is 11.1 Å². The van der Waals surface area contributed by atoms with E-state index in [4.69, 9.17) is 0 Å². The standard InChI is InChI=1S/C22H23N5S/c1-16-13-17(2)27(25-16)21-11-9-20(10-12-21)15-28-22-24-23-18(3)26(22)14-19-7-5-4-6-8-19/h4-13H,14-15H2,1-3H3. The van der Waals surface area contributed by atoms with Crippen molar-refractivity contribution in [3.8, 4) is 5.69 Å². The predicted molar refractivity (Wildman–Crippen MR) is 113 cm³/mol. The monoisotopic (exact) mass is 389 g/mol. The van der Waals surface area contributed by atoms with Crippen LogP contribution in [0.15, 0.2) is 65.8 Å². The third kappa shape index (κ3) is 4.02. The van der Waals surface area contributed by atoms with E-state index < -0.39 is 0 Å². The Labute approximate surface area is 169 Å². The van der Waals surface area contributed by atoms with E-state index in [9.17, 15) is 0 Å². The molecule has 4 rings (SSSR count). The minimum absolute atomic E-state index is 0.791. The van der Waals surface area contributed by atoms with Crippen molar-refractivity contribution < 1.29 is 0 Å². The smallest absolute Gasteiger partial charge is 0.191 e. The van der Waals surface area contributed by atoms with E-state index in [2.05, 4.69) is 81.4 Å². The second-order valence-electron chi connectivity index (χ2n) is 6.90. The third-order valence-electron chi connectivity index (χ3n) is 4.64. The van der Waals surface area contributed by atoms with Gasteiger partial charge < -0.3 is 4.57 Å². The van der Waals surface area contributed by atoms with Crippen LogP contribution < -0.4 is 0 Å². The Morgan fingerprint density at radius 1 is 0.857 bits per heavy atom. The fourth-order valence-electron chi connectivity index (χ4n) is 3.19. The molecular weight excluding hydrogens is 366 g/mol. The molecule has 4 aromatic rings. The van der Waals surface area contributed by atoms with Gasteiger partial charge in [-0.3, -0.25) is 0 Å². The lowest BCUT2D eigenvalue weighted by atomic mass is 10.2. The van der Waals surface area contributed by atoms with Gasteiger partial charge in [-0.25, -0.2) is 4.68 Å². The van der Waals surface area contributed by atoms with Crippen molar-refractivity contribution in [2.45, 2.75) is 38.2 Å². The molecule has 6 heteroatoms. The van der Waals surface area contributed by atoms with Crippen LogP contribution in [0.2, 0.25) is 0 Å². The van der Waals surface area contributed by atoms with Gasteiger partial charge in [0.25, 0.3) is 0 Å². The third-order valence-corrected chi connectivity index (χ3v) is 5.68. The Bertz CT molecular complexity index is 1060. The summed E-state index contributed by atoms with van der Waals surface area (Å²) in [4.78, 5) is 0. The number of benzene rings is 2. The van der Waals surface area contributed by atoms with Gasteiger partial charge in [0.15, 0.2) is 5.16 Å². The lowest BCUT2D eigenvalue weighted by Gasteiger charge is -2.09. The van der Waals surface area contributed by atoms with Gasteiger partial charge in [-0.05, 0) is 50.1 Å². The number of aromatic nitrogens is 5. The fraction of sp³-hybridized carbons (Fsp3) is 0.227. The summed E-state index contributed by atoms with van der Waals surface area (Å²) in [5.41, 5.74) is 5.76. The number of rotatable bonds is 6. The number of aryl methyl sites for hydroxylation is 3. The fourth-order valence-corrected chi connectivity index (χ4v) is 4.13. The molecule has 0 unspecified atom stereocenters. The highest BCUT2D eigenvalue weighted by Crippen LogP contribution is 2.23. The molecule has 0 saturated carbocycles. The molecule has 142 valence electrons. The molecule has 0 saturated heterocycles. The first-order valence-electron chi connectivity index (χ1n) is 9.29. The van der Waals surface area contributed by atoms with Crippen molar-refractivity contribution in [3.63, 3.8) is 0 Å². The molecule has 0 spiro atoms. The van der Waals surface area contributed by atoms with Crippen LogP contribution in [0.1, 0.15) is 28.3 Å². The molecule has 0 bridgehead atoms. The summed E-state index contributed by atoms with van der Waals surface area (Å²) in [7, 11) is 0. The highest BCUT2D eigenvalue weighted by atomic mass is 32.2. The van der Waals surface area contributed by atoms with Crippen molar-refractivity contribution in [2.24, 2.45) is 0 Å². The van der Waals surface area contributed by atoms with Crippen molar-refractivity contribution in [1.82, 2.24) is 24.5 Å². The van der Waals surface area contributed by atoms with Crippen LogP contribution in [-0.2, 0) is 12.3 Å². The zero-order valence-corrected chi connectivity index (χ0v) is 17.1. The van der Waals surface area contributed by atoms with Gasteiger partial charge in [-0.2, -0.15) is 5.10 Å². The molecule has 0 aliphatic carbocycles. The largest absolute Gasteiger partial charge is 0.302 e. The van der Waals surface area contributed by atoms with Crippen LogP contribution in [0.4, 0.5) is 0 Å². The minimum atomic E-state index is 0.791. The van der Waals surface area contributed by atoms with E-state index in [0.29, 0.717) is 0 Å². The molecule has 0 atom stereocenters. The van der Waals surface area contributed by atoms with Crippen LogP contribution in [0.3, 0.4) is 0 Å². The molecule has 0 fully saturated rings. The molecule has 0 N–H and O–H groups in total. The van der Waals surface area contributed by atoms with Crippen LogP contribution in [-0.4, -0.2) is 24.5 Å². The second kappa shape index (κ2) is 8.02. The number of hydrogen-bond acceptors (Lipinski definition) is 4. The number of hydrogen-bond donors (Lipinski definition) is 0. The first kappa shape index (κ1) is 18.5. The quantitative estimate of drug-likeness (QED) is 0.447. The van der Waals surface area contributed by atoms with Gasteiger partial charge in [0.1, 0.15) is 5.82 Å². The van der Waals surface area contributed by atoms with Crippen molar-refractivity contribution in [3.05, 3.63) is 89.0 Å². The molecule has 2 aromatic heterocycles. The molecular formula is C22H23N5S. The van der Waals surface area contributed by atoms with Gasteiger partial charge in [-0.1, -0.05) is 54.2 Å². The van der Waals surface area contributed by atoms with Gasteiger partial charge >= 0.3 is 0 Å². The number of thioether (sulfide) groups is 1. The van der Waals surface area contributed by atoms with E-state index in [1.807, 2.05) is 24.6 Å². The Kier molecular flexibility index (Phi) is 5.30. The summed E-state index contributed by atoms with van der Waals surface area (Å²) in [6.45, 7) is 6.88. The molecule has 0 aliphatic rings. The Morgan fingerprint density at radius 3 is 2.29 bits per heavy atom. The van der Waals surface area contributed by atoms with Gasteiger partial charge in [-0.15, -0.1) is 10.2 Å². The molecule has 28 heavy (non-hydrogen) atoms. The van der Waals surface area contributed by atoms with E-state index in [0.717, 1.165) is 40.4 Å². The summed E-state index contributed by atoms with van der Waals surface area (Å²) in [6.07, 6.45) is 0. The van der Waals surface area contributed by atoms with Crippen molar-refractivity contribution in [1.29, 1.82) is 0 Å². The molecule has 0 radical (unpaired) electrons. The van der Waals surface area contributed by atoms with Crippen LogP contribution in [0.5, 0.6) is 0 Å². The molecule has 0 aliphatic heterocycles. The van der Waals surface area contributed by atoms with Gasteiger partial charge in [0.2, 0.25) is 0 Å². The summed E-state index contributed by atoms with van der Waals surface area (Å²) >= 11 is 1.72. The van der Waals surface area contributed by atoms with Crippen molar-refractivity contribution in [2.75, 3.05) is 0 Å². The van der Waals surface area contributed by atoms with Gasteiger partial charge in [0, 0.05) is 11.4 Å². The molecule has 2 aromatic carbocycles. The Morgan fingerprint density at radius 2 is 1.61 bits per heavy atom. The predicted octanol–water partition coefficient (Wildman–Crippen LogP) is 4.73. The van der Waals surface area contributed by atoms with E-state index in [1.54, 1.807) is 11.8 Å². The average Bonchev–Trinajstić information content (AvgIpc) is 3.23.